The summed E-state index contributed by atoms with van der Waals surface area (Å²) in [6.07, 6.45) is 3.37. The molecule has 26 heavy (non-hydrogen) atoms. The Kier molecular flexibility index (Phi) is 4.78. The van der Waals surface area contributed by atoms with Gasteiger partial charge in [0.05, 0.1) is 18.2 Å². The van der Waals surface area contributed by atoms with Crippen molar-refractivity contribution in [1.82, 2.24) is 5.32 Å². The zero-order valence-corrected chi connectivity index (χ0v) is 15.5. The maximum atomic E-state index is 12.1. The van der Waals surface area contributed by atoms with Crippen molar-refractivity contribution in [2.45, 2.75) is 40.0 Å². The maximum Gasteiger partial charge on any atom is 0.252 e. The van der Waals surface area contributed by atoms with Crippen molar-refractivity contribution in [3.63, 3.8) is 0 Å². The lowest BCUT2D eigenvalue weighted by Gasteiger charge is -2.34. The van der Waals surface area contributed by atoms with Gasteiger partial charge in [-0.05, 0) is 36.7 Å². The fraction of sp³-hybridized carbons (Fsp3) is 0.550. The maximum absolute atomic E-state index is 12.1. The van der Waals surface area contributed by atoms with Crippen LogP contribution in [0.15, 0.2) is 29.4 Å². The lowest BCUT2D eigenvalue weighted by Crippen LogP contribution is -2.33. The van der Waals surface area contributed by atoms with Gasteiger partial charge in [-0.25, -0.2) is 0 Å². The normalized spacial score (nSPS) is 27.5. The Morgan fingerprint density at radius 1 is 1.27 bits per heavy atom. The highest BCUT2D eigenvalue weighted by molar-refractivity contribution is 6.04. The lowest BCUT2D eigenvalue weighted by molar-refractivity contribution is -0.255. The minimum atomic E-state index is -1.37. The molecule has 2 bridgehead atoms. The number of benzene rings is 1. The van der Waals surface area contributed by atoms with Gasteiger partial charge >= 0.3 is 0 Å². The minimum absolute atomic E-state index is 0.0844. The van der Waals surface area contributed by atoms with Crippen LogP contribution in [-0.2, 0) is 4.84 Å². The second-order valence-electron chi connectivity index (χ2n) is 7.95. The van der Waals surface area contributed by atoms with Gasteiger partial charge in [-0.15, -0.1) is 0 Å². The van der Waals surface area contributed by atoms with E-state index in [9.17, 15) is 14.7 Å². The molecule has 0 spiro atoms. The van der Waals surface area contributed by atoms with Gasteiger partial charge in [-0.3, -0.25) is 4.79 Å². The number of amides is 1. The third-order valence-corrected chi connectivity index (χ3v) is 6.56. The molecule has 2 aliphatic rings. The van der Waals surface area contributed by atoms with Crippen molar-refractivity contribution >= 4 is 17.6 Å². The van der Waals surface area contributed by atoms with Crippen LogP contribution in [0.5, 0.6) is 0 Å². The molecule has 2 fully saturated rings. The standard InChI is InChI=1S/C20H26N2O4/c1-19(2)13-8-9-20(19,3)16(12-13)22-26-11-10-21-17(23)14-6-4-5-7-15(14)18(24)25/h4-7,13H,8-12H2,1-3H3,(H,21,23)(H,24,25)/p-1/b22-16+/t13-,20+/m1/s1. The monoisotopic (exact) mass is 357 g/mol. The number of carbonyl (C=O) groups is 2. The Morgan fingerprint density at radius 2 is 1.96 bits per heavy atom. The first-order chi connectivity index (χ1) is 12.3. The molecule has 1 N–H and O–H groups in total. The molecule has 6 heteroatoms. The third kappa shape index (κ3) is 2.97. The molecule has 0 saturated heterocycles. The predicted octanol–water partition coefficient (Wildman–Crippen LogP) is 2.00. The van der Waals surface area contributed by atoms with Gasteiger partial charge in [-0.2, -0.15) is 0 Å². The van der Waals surface area contributed by atoms with Crippen LogP contribution in [0.2, 0.25) is 0 Å². The number of carbonyl (C=O) groups excluding carboxylic acids is 2. The van der Waals surface area contributed by atoms with E-state index in [0.29, 0.717) is 5.92 Å². The molecule has 2 aliphatic carbocycles. The molecule has 0 aromatic heterocycles. The average Bonchev–Trinajstić information content (AvgIpc) is 2.94. The van der Waals surface area contributed by atoms with Crippen LogP contribution in [0.3, 0.4) is 0 Å². The highest BCUT2D eigenvalue weighted by Gasteiger charge is 2.60. The topological polar surface area (TPSA) is 90.8 Å². The van der Waals surface area contributed by atoms with E-state index in [1.165, 1.54) is 18.6 Å². The van der Waals surface area contributed by atoms with Crippen molar-refractivity contribution < 1.29 is 19.5 Å². The lowest BCUT2D eigenvalue weighted by atomic mass is 9.70. The van der Waals surface area contributed by atoms with Gasteiger partial charge in [0, 0.05) is 16.5 Å². The Labute approximate surface area is 153 Å². The number of hydrogen-bond acceptors (Lipinski definition) is 5. The second kappa shape index (κ2) is 6.74. The van der Waals surface area contributed by atoms with Gasteiger partial charge in [-0.1, -0.05) is 44.1 Å². The number of fused-ring (bicyclic) bond motifs is 2. The van der Waals surface area contributed by atoms with Crippen LogP contribution in [-0.4, -0.2) is 30.7 Å². The summed E-state index contributed by atoms with van der Waals surface area (Å²) < 4.78 is 0. The fourth-order valence-corrected chi connectivity index (χ4v) is 4.35. The highest BCUT2D eigenvalue weighted by atomic mass is 16.6. The molecule has 1 aromatic carbocycles. The third-order valence-electron chi connectivity index (χ3n) is 6.56. The number of hydrogen-bond donors (Lipinski definition) is 1. The van der Waals surface area contributed by atoms with Gasteiger partial charge in [0.25, 0.3) is 5.91 Å². The zero-order chi connectivity index (χ0) is 18.9. The van der Waals surface area contributed by atoms with E-state index in [4.69, 9.17) is 4.84 Å². The average molecular weight is 357 g/mol. The summed E-state index contributed by atoms with van der Waals surface area (Å²) in [5, 5.41) is 18.1. The van der Waals surface area contributed by atoms with Crippen LogP contribution < -0.4 is 10.4 Å². The van der Waals surface area contributed by atoms with Crippen molar-refractivity contribution in [3.05, 3.63) is 35.4 Å². The predicted molar refractivity (Wildman–Crippen MR) is 95.7 cm³/mol. The number of oxime groups is 1. The fourth-order valence-electron chi connectivity index (χ4n) is 4.35. The Morgan fingerprint density at radius 3 is 2.54 bits per heavy atom. The van der Waals surface area contributed by atoms with Gasteiger partial charge in [0.15, 0.2) is 0 Å². The van der Waals surface area contributed by atoms with Crippen LogP contribution in [0.1, 0.15) is 60.7 Å². The van der Waals surface area contributed by atoms with Gasteiger partial charge in [0.1, 0.15) is 6.61 Å². The first-order valence-corrected chi connectivity index (χ1v) is 9.05. The van der Waals surface area contributed by atoms with E-state index >= 15 is 0 Å². The molecule has 2 atom stereocenters. The molecule has 0 unspecified atom stereocenters. The van der Waals surface area contributed by atoms with E-state index in [2.05, 4.69) is 31.2 Å². The summed E-state index contributed by atoms with van der Waals surface area (Å²) in [5.41, 5.74) is 1.42. The highest BCUT2D eigenvalue weighted by Crippen LogP contribution is 2.63. The molecule has 1 aromatic rings. The summed E-state index contributed by atoms with van der Waals surface area (Å²) in [5.74, 6) is -1.17. The number of carboxylic acid groups (broad SMARTS) is 1. The first kappa shape index (κ1) is 18.4. The molecule has 0 aliphatic heterocycles. The summed E-state index contributed by atoms with van der Waals surface area (Å²) in [4.78, 5) is 28.6. The van der Waals surface area contributed by atoms with E-state index < -0.39 is 11.9 Å². The van der Waals surface area contributed by atoms with Gasteiger partial charge < -0.3 is 20.1 Å². The molecular formula is C20H25N2O4-. The molecule has 6 nitrogen and oxygen atoms in total. The molecule has 3 rings (SSSR count). The molecule has 0 radical (unpaired) electrons. The summed E-state index contributed by atoms with van der Waals surface area (Å²) in [6.45, 7) is 7.37. The molecule has 140 valence electrons. The van der Waals surface area contributed by atoms with E-state index in [1.807, 2.05) is 0 Å². The van der Waals surface area contributed by atoms with Crippen LogP contribution in [0.4, 0.5) is 0 Å². The second-order valence-corrected chi connectivity index (χ2v) is 7.95. The van der Waals surface area contributed by atoms with E-state index in [1.54, 1.807) is 12.1 Å². The number of nitrogens with zero attached hydrogens (tertiary/aromatic N) is 1. The van der Waals surface area contributed by atoms with E-state index in [-0.39, 0.29) is 35.1 Å². The van der Waals surface area contributed by atoms with Crippen molar-refractivity contribution in [2.24, 2.45) is 21.9 Å². The number of carboxylic acids is 1. The number of aromatic carboxylic acids is 1. The summed E-state index contributed by atoms with van der Waals surface area (Å²) in [7, 11) is 0. The zero-order valence-electron chi connectivity index (χ0n) is 15.5. The summed E-state index contributed by atoms with van der Waals surface area (Å²) >= 11 is 0. The molecule has 2 saturated carbocycles. The van der Waals surface area contributed by atoms with Crippen molar-refractivity contribution in [1.29, 1.82) is 0 Å². The van der Waals surface area contributed by atoms with Crippen molar-refractivity contribution in [3.8, 4) is 0 Å². The number of nitrogens with one attached hydrogen (secondary N) is 1. The van der Waals surface area contributed by atoms with Gasteiger partial charge in [0.2, 0.25) is 0 Å². The SMILES string of the molecule is CC1(C)[C@@H]2CC[C@@]1(C)/C(=N/OCCNC(=O)c1ccccc1C(=O)[O-])C2. The molecule has 0 heterocycles. The van der Waals surface area contributed by atoms with Crippen LogP contribution >= 0.6 is 0 Å². The largest absolute Gasteiger partial charge is 0.545 e. The Balaban J connectivity index is 1.51. The van der Waals surface area contributed by atoms with Crippen molar-refractivity contribution in [2.75, 3.05) is 13.2 Å². The molecule has 1 amide bonds. The summed E-state index contributed by atoms with van der Waals surface area (Å²) in [6, 6.07) is 5.98. The van der Waals surface area contributed by atoms with Crippen LogP contribution in [0.25, 0.3) is 0 Å². The van der Waals surface area contributed by atoms with E-state index in [0.717, 1.165) is 18.6 Å². The minimum Gasteiger partial charge on any atom is -0.545 e. The van der Waals surface area contributed by atoms with Crippen LogP contribution in [0, 0.1) is 16.7 Å². The Bertz CT molecular complexity index is 756. The first-order valence-electron chi connectivity index (χ1n) is 9.05. The number of rotatable bonds is 6. The molecular weight excluding hydrogens is 332 g/mol. The Hall–Kier alpha value is -2.37. The quantitative estimate of drug-likeness (QED) is 0.623. The smallest absolute Gasteiger partial charge is 0.252 e.